The average molecular weight is 447 g/mol. The van der Waals surface area contributed by atoms with Gasteiger partial charge in [0.05, 0.1) is 20.0 Å². The number of benzene rings is 2. The molecule has 4 amide bonds. The molecule has 1 aromatic heterocycles. The van der Waals surface area contributed by atoms with E-state index in [0.717, 1.165) is 5.56 Å². The fourth-order valence-corrected chi connectivity index (χ4v) is 4.61. The fraction of sp³-hybridized carbons (Fsp3) is 0.250. The zero-order chi connectivity index (χ0) is 23.3. The van der Waals surface area contributed by atoms with Crippen molar-refractivity contribution >= 4 is 34.6 Å². The lowest BCUT2D eigenvalue weighted by atomic mass is 9.82. The van der Waals surface area contributed by atoms with Crippen molar-refractivity contribution in [2.75, 3.05) is 13.7 Å². The maximum atomic E-state index is 13.1. The van der Waals surface area contributed by atoms with Crippen molar-refractivity contribution in [1.82, 2.24) is 10.2 Å². The number of rotatable bonds is 6. The number of hydrogen-bond acceptors (Lipinski definition) is 6. The maximum absolute atomic E-state index is 13.1. The number of hydrogen-bond donors (Lipinski definition) is 2. The Hall–Kier alpha value is -4.14. The molecule has 1 atom stereocenters. The summed E-state index contributed by atoms with van der Waals surface area (Å²) in [5.41, 5.74) is 6.47. The summed E-state index contributed by atoms with van der Waals surface area (Å²) in [4.78, 5) is 51.2. The lowest BCUT2D eigenvalue weighted by Gasteiger charge is -2.28. The van der Waals surface area contributed by atoms with E-state index in [9.17, 15) is 19.2 Å². The Labute approximate surface area is 188 Å². The fourth-order valence-electron chi connectivity index (χ4n) is 4.61. The molecule has 0 saturated carbocycles. The van der Waals surface area contributed by atoms with Crippen molar-refractivity contribution in [3.63, 3.8) is 0 Å². The predicted molar refractivity (Wildman–Crippen MR) is 116 cm³/mol. The number of fused-ring (bicyclic) bond motifs is 2. The number of carbonyl (C=O) groups excluding carboxylic acids is 4. The van der Waals surface area contributed by atoms with Crippen molar-refractivity contribution in [3.05, 3.63) is 64.9 Å². The van der Waals surface area contributed by atoms with Gasteiger partial charge in [0.2, 0.25) is 17.7 Å². The second-order valence-electron chi connectivity index (χ2n) is 8.45. The summed E-state index contributed by atoms with van der Waals surface area (Å²) in [6.45, 7) is 0.290. The lowest BCUT2D eigenvalue weighted by molar-refractivity contribution is -0.127. The third kappa shape index (κ3) is 3.42. The first kappa shape index (κ1) is 20.7. The Morgan fingerprint density at radius 3 is 2.70 bits per heavy atom. The molecule has 9 heteroatoms. The average Bonchev–Trinajstić information content (AvgIpc) is 3.41. The van der Waals surface area contributed by atoms with Gasteiger partial charge in [0, 0.05) is 24.0 Å². The largest absolute Gasteiger partial charge is 0.497 e. The number of primary amides is 1. The van der Waals surface area contributed by atoms with E-state index in [1.54, 1.807) is 41.3 Å². The molecule has 2 aliphatic heterocycles. The van der Waals surface area contributed by atoms with Gasteiger partial charge in [0.15, 0.2) is 0 Å². The van der Waals surface area contributed by atoms with Gasteiger partial charge in [-0.1, -0.05) is 12.1 Å². The molecule has 1 fully saturated rings. The number of nitrogens with one attached hydrogen (secondary N) is 1. The molecular formula is C24H21N3O6. The van der Waals surface area contributed by atoms with E-state index >= 15 is 0 Å². The molecule has 0 radical (unpaired) electrons. The Morgan fingerprint density at radius 1 is 1.18 bits per heavy atom. The first-order valence-electron chi connectivity index (χ1n) is 10.4. The quantitative estimate of drug-likeness (QED) is 0.549. The van der Waals surface area contributed by atoms with Crippen molar-refractivity contribution < 1.29 is 28.3 Å². The van der Waals surface area contributed by atoms with Crippen LogP contribution in [0.1, 0.15) is 33.7 Å². The van der Waals surface area contributed by atoms with Crippen LogP contribution in [0.25, 0.3) is 11.0 Å². The normalized spacial score (nSPS) is 19.8. The van der Waals surface area contributed by atoms with Crippen molar-refractivity contribution in [1.29, 1.82) is 0 Å². The second kappa shape index (κ2) is 7.47. The van der Waals surface area contributed by atoms with Crippen LogP contribution in [0, 0.1) is 0 Å². The summed E-state index contributed by atoms with van der Waals surface area (Å²) in [5.74, 6) is -0.782. The number of nitrogens with zero attached hydrogens (tertiary/aromatic N) is 1. The molecule has 2 aliphatic rings. The highest BCUT2D eigenvalue weighted by molar-refractivity contribution is 6.10. The summed E-state index contributed by atoms with van der Waals surface area (Å²) in [5, 5.41) is 3.04. The van der Waals surface area contributed by atoms with Gasteiger partial charge in [0.25, 0.3) is 5.91 Å². The van der Waals surface area contributed by atoms with Gasteiger partial charge < -0.3 is 19.8 Å². The van der Waals surface area contributed by atoms with E-state index in [1.807, 2.05) is 6.07 Å². The molecule has 33 heavy (non-hydrogen) atoms. The third-order valence-electron chi connectivity index (χ3n) is 6.24. The molecule has 3 heterocycles. The molecule has 1 saturated heterocycles. The van der Waals surface area contributed by atoms with Crippen LogP contribution in [0.5, 0.6) is 5.75 Å². The minimum absolute atomic E-state index is 0.0195. The van der Waals surface area contributed by atoms with Crippen LogP contribution in [0.15, 0.2) is 46.9 Å². The second-order valence-corrected chi connectivity index (χ2v) is 8.45. The molecule has 9 nitrogen and oxygen atoms in total. The SMILES string of the molecule is COc1ccc2c(c1)C(=O)N(C[C@@]1(c3cc4cc(CC(N)=O)ccc4o3)CC(=O)NC1=O)C2. The Balaban J connectivity index is 1.52. The van der Waals surface area contributed by atoms with E-state index in [1.165, 1.54) is 7.11 Å². The summed E-state index contributed by atoms with van der Waals surface area (Å²) < 4.78 is 11.2. The number of imide groups is 1. The summed E-state index contributed by atoms with van der Waals surface area (Å²) in [6, 6.07) is 12.1. The van der Waals surface area contributed by atoms with Gasteiger partial charge in [-0.05, 0) is 41.5 Å². The minimum atomic E-state index is -1.36. The van der Waals surface area contributed by atoms with Crippen molar-refractivity contribution in [2.24, 2.45) is 5.73 Å². The first-order chi connectivity index (χ1) is 15.8. The molecular weight excluding hydrogens is 426 g/mol. The van der Waals surface area contributed by atoms with Gasteiger partial charge in [-0.2, -0.15) is 0 Å². The van der Waals surface area contributed by atoms with Crippen LogP contribution in [-0.2, 0) is 32.8 Å². The molecule has 168 valence electrons. The van der Waals surface area contributed by atoms with Crippen LogP contribution < -0.4 is 15.8 Å². The standard InChI is InChI=1S/C24H21N3O6/c1-32-16-4-3-14-11-27(22(30)17(14)9-16)12-24(10-21(29)26-23(24)31)19-8-15-6-13(7-20(25)28)2-5-18(15)33-19/h2-6,8-9H,7,10-12H2,1H3,(H2,25,28)(H,26,29,31)/t24-/m1/s1. The molecule has 0 unspecified atom stereocenters. The minimum Gasteiger partial charge on any atom is -0.497 e. The zero-order valence-electron chi connectivity index (χ0n) is 17.8. The first-order valence-corrected chi connectivity index (χ1v) is 10.4. The van der Waals surface area contributed by atoms with Crippen LogP contribution in [0.4, 0.5) is 0 Å². The monoisotopic (exact) mass is 447 g/mol. The molecule has 3 N–H and O–H groups in total. The van der Waals surface area contributed by atoms with Crippen LogP contribution in [-0.4, -0.2) is 42.2 Å². The molecule has 5 rings (SSSR count). The molecule has 0 spiro atoms. The van der Waals surface area contributed by atoms with E-state index in [4.69, 9.17) is 14.9 Å². The number of ether oxygens (including phenoxy) is 1. The number of furan rings is 1. The van der Waals surface area contributed by atoms with E-state index in [-0.39, 0.29) is 25.3 Å². The smallest absolute Gasteiger partial charge is 0.254 e. The van der Waals surface area contributed by atoms with Gasteiger partial charge in [-0.3, -0.25) is 24.5 Å². The summed E-state index contributed by atoms with van der Waals surface area (Å²) in [7, 11) is 1.53. The topological polar surface area (TPSA) is 132 Å². The molecule has 0 bridgehead atoms. The van der Waals surface area contributed by atoms with Crippen molar-refractivity contribution in [3.8, 4) is 5.75 Å². The number of carbonyl (C=O) groups is 4. The highest BCUT2D eigenvalue weighted by Gasteiger charge is 2.53. The molecule has 0 aliphatic carbocycles. The van der Waals surface area contributed by atoms with E-state index in [2.05, 4.69) is 5.32 Å². The molecule has 2 aromatic carbocycles. The summed E-state index contributed by atoms with van der Waals surface area (Å²) >= 11 is 0. The third-order valence-corrected chi connectivity index (χ3v) is 6.24. The number of amides is 4. The Kier molecular flexibility index (Phi) is 4.70. The van der Waals surface area contributed by atoms with Crippen LogP contribution in [0.2, 0.25) is 0 Å². The summed E-state index contributed by atoms with van der Waals surface area (Å²) in [6.07, 6.45) is -0.0617. The Bertz CT molecular complexity index is 1340. The zero-order valence-corrected chi connectivity index (χ0v) is 17.8. The van der Waals surface area contributed by atoms with E-state index in [0.29, 0.717) is 40.2 Å². The van der Waals surface area contributed by atoms with Gasteiger partial charge in [-0.15, -0.1) is 0 Å². The predicted octanol–water partition coefficient (Wildman–Crippen LogP) is 1.41. The maximum Gasteiger partial charge on any atom is 0.254 e. The van der Waals surface area contributed by atoms with E-state index < -0.39 is 23.1 Å². The highest BCUT2D eigenvalue weighted by atomic mass is 16.5. The van der Waals surface area contributed by atoms with Crippen molar-refractivity contribution in [2.45, 2.75) is 24.8 Å². The van der Waals surface area contributed by atoms with Crippen LogP contribution in [0.3, 0.4) is 0 Å². The highest BCUT2D eigenvalue weighted by Crippen LogP contribution is 2.39. The van der Waals surface area contributed by atoms with Gasteiger partial charge >= 0.3 is 0 Å². The lowest BCUT2D eigenvalue weighted by Crippen LogP contribution is -2.46. The van der Waals surface area contributed by atoms with Gasteiger partial charge in [0.1, 0.15) is 22.5 Å². The number of methoxy groups -OCH3 is 1. The number of nitrogens with two attached hydrogens (primary N) is 1. The molecule has 3 aromatic rings. The van der Waals surface area contributed by atoms with Crippen LogP contribution >= 0.6 is 0 Å². The Morgan fingerprint density at radius 2 is 2.00 bits per heavy atom. The van der Waals surface area contributed by atoms with Gasteiger partial charge in [-0.25, -0.2) is 0 Å².